The van der Waals surface area contributed by atoms with E-state index in [1.165, 1.54) is 4.90 Å². The molecule has 1 amide bonds. The Morgan fingerprint density at radius 3 is 2.37 bits per heavy atom. The summed E-state index contributed by atoms with van der Waals surface area (Å²) in [6.45, 7) is 5.37. The van der Waals surface area contributed by atoms with E-state index < -0.39 is 70.5 Å². The lowest BCUT2D eigenvalue weighted by molar-refractivity contribution is -0.204. The minimum absolute atomic E-state index is 0.121. The van der Waals surface area contributed by atoms with Crippen molar-refractivity contribution in [3.8, 4) is 0 Å². The molecule has 2 spiro atoms. The lowest BCUT2D eigenvalue weighted by Gasteiger charge is -2.51. The summed E-state index contributed by atoms with van der Waals surface area (Å²) in [4.78, 5) is 56.4. The van der Waals surface area contributed by atoms with E-state index >= 15 is 0 Å². The van der Waals surface area contributed by atoms with E-state index in [0.29, 0.717) is 11.1 Å². The molecule has 4 aliphatic rings. The number of amides is 1. The molecule has 210 valence electrons. The van der Waals surface area contributed by atoms with Gasteiger partial charge >= 0.3 is 17.9 Å². The van der Waals surface area contributed by atoms with Gasteiger partial charge in [-0.05, 0) is 29.0 Å². The number of hydrogen-bond acceptors (Lipinski definition) is 8. The van der Waals surface area contributed by atoms with Gasteiger partial charge in [0.05, 0.1) is 23.3 Å². The summed E-state index contributed by atoms with van der Waals surface area (Å²) in [5.74, 6) is -2.83. The second-order valence-electron chi connectivity index (χ2n) is 12.4. The highest BCUT2D eigenvalue weighted by atomic mass is 16.6. The van der Waals surface area contributed by atoms with Gasteiger partial charge in [0.25, 0.3) is 5.91 Å². The highest BCUT2D eigenvalue weighted by Crippen LogP contribution is 2.76. The number of anilines is 1. The van der Waals surface area contributed by atoms with E-state index in [4.69, 9.17) is 14.2 Å². The number of rotatable bonds is 3. The molecule has 1 N–H and O–H groups in total. The second-order valence-corrected chi connectivity index (χ2v) is 12.4. The third-order valence-corrected chi connectivity index (χ3v) is 9.73. The van der Waals surface area contributed by atoms with Crippen molar-refractivity contribution >= 4 is 40.3 Å². The van der Waals surface area contributed by atoms with Crippen LogP contribution in [0.15, 0.2) is 72.8 Å². The fourth-order valence-corrected chi connectivity index (χ4v) is 7.93. The Labute approximate surface area is 236 Å². The number of carbonyl (C=O) groups excluding carboxylic acids is 4. The van der Waals surface area contributed by atoms with Crippen molar-refractivity contribution in [2.24, 2.45) is 16.2 Å². The minimum atomic E-state index is -1.86. The molecule has 0 bridgehead atoms. The van der Waals surface area contributed by atoms with Gasteiger partial charge in [0.2, 0.25) is 0 Å². The van der Waals surface area contributed by atoms with Gasteiger partial charge < -0.3 is 19.3 Å². The summed E-state index contributed by atoms with van der Waals surface area (Å²) in [7, 11) is 0. The third-order valence-electron chi connectivity index (χ3n) is 9.73. The molecule has 0 radical (unpaired) electrons. The fraction of sp³-hybridized carbons (Fsp3) is 0.375. The topological polar surface area (TPSA) is 119 Å². The smallest absolute Gasteiger partial charge is 0.338 e. The number of ether oxygens (including phenoxy) is 3. The predicted octanol–water partition coefficient (Wildman–Crippen LogP) is 3.76. The van der Waals surface area contributed by atoms with Gasteiger partial charge in [0, 0.05) is 11.8 Å². The zero-order valence-corrected chi connectivity index (χ0v) is 22.8. The minimum Gasteiger partial charge on any atom is -0.461 e. The number of hydrogen-bond donors (Lipinski definition) is 1. The molecule has 7 rings (SSSR count). The van der Waals surface area contributed by atoms with Crippen molar-refractivity contribution in [3.05, 3.63) is 78.4 Å². The van der Waals surface area contributed by atoms with Crippen molar-refractivity contribution < 1.29 is 38.5 Å². The molecule has 41 heavy (non-hydrogen) atoms. The quantitative estimate of drug-likeness (QED) is 0.383. The average molecular weight is 556 g/mol. The van der Waals surface area contributed by atoms with Crippen LogP contribution in [0.3, 0.4) is 0 Å². The second kappa shape index (κ2) is 8.16. The molecule has 9 nitrogen and oxygen atoms in total. The molecule has 4 fully saturated rings. The van der Waals surface area contributed by atoms with Gasteiger partial charge in [-0.2, -0.15) is 0 Å². The lowest BCUT2D eigenvalue weighted by Crippen LogP contribution is -2.66. The van der Waals surface area contributed by atoms with Crippen molar-refractivity contribution in [3.63, 3.8) is 0 Å². The van der Waals surface area contributed by atoms with Gasteiger partial charge in [0.15, 0.2) is 12.3 Å². The van der Waals surface area contributed by atoms with E-state index in [-0.39, 0.29) is 12.0 Å². The molecule has 3 heterocycles. The molecule has 0 aromatic heterocycles. The molecular weight excluding hydrogens is 526 g/mol. The van der Waals surface area contributed by atoms with Gasteiger partial charge in [0.1, 0.15) is 16.9 Å². The van der Waals surface area contributed by atoms with Crippen LogP contribution in [0.4, 0.5) is 5.69 Å². The Morgan fingerprint density at radius 1 is 0.951 bits per heavy atom. The first kappa shape index (κ1) is 25.7. The third kappa shape index (κ3) is 2.94. The molecule has 9 heteroatoms. The summed E-state index contributed by atoms with van der Waals surface area (Å²) in [6, 6.07) is 21.0. The summed E-state index contributed by atoms with van der Waals surface area (Å²) in [5, 5.41) is 14.4. The number of nitrogens with zero attached hydrogens (tertiary/aromatic N) is 1. The molecule has 3 aromatic rings. The maximum atomic E-state index is 14.7. The largest absolute Gasteiger partial charge is 0.461 e. The van der Waals surface area contributed by atoms with Crippen molar-refractivity contribution in [2.45, 2.75) is 57.6 Å². The Hall–Kier alpha value is -4.24. The molecule has 3 aromatic carbocycles. The van der Waals surface area contributed by atoms with E-state index in [9.17, 15) is 24.3 Å². The average Bonchev–Trinajstić information content (AvgIpc) is 3.55. The van der Waals surface area contributed by atoms with Crippen LogP contribution in [0.5, 0.6) is 0 Å². The SMILES string of the molecule is CC(C)(C)[C@]1(O)C[C@@H]2OC(=O)C[C@@]23C(=O)O[C@@H]2N(c4cccc5ccccc45)C(=O)[C@H](OC(=O)c4ccccc4)[C@]213. The first-order chi connectivity index (χ1) is 19.5. The number of esters is 3. The number of carbonyl (C=O) groups is 4. The Kier molecular flexibility index (Phi) is 5.12. The zero-order valence-electron chi connectivity index (χ0n) is 22.8. The maximum Gasteiger partial charge on any atom is 0.338 e. The lowest BCUT2D eigenvalue weighted by atomic mass is 9.52. The number of aliphatic hydroxyl groups is 1. The first-order valence-corrected chi connectivity index (χ1v) is 13.7. The van der Waals surface area contributed by atoms with Crippen LogP contribution in [0, 0.1) is 16.2 Å². The van der Waals surface area contributed by atoms with Crippen LogP contribution >= 0.6 is 0 Å². The molecule has 3 aliphatic heterocycles. The zero-order chi connectivity index (χ0) is 28.9. The molecular formula is C32H29NO8. The van der Waals surface area contributed by atoms with Gasteiger partial charge in [-0.3, -0.25) is 19.3 Å². The first-order valence-electron chi connectivity index (χ1n) is 13.7. The Bertz CT molecular complexity index is 1640. The van der Waals surface area contributed by atoms with Crippen LogP contribution in [-0.2, 0) is 28.6 Å². The maximum absolute atomic E-state index is 14.7. The molecule has 1 aliphatic carbocycles. The summed E-state index contributed by atoms with van der Waals surface area (Å²) in [6.07, 6.45) is -4.61. The number of fused-ring (bicyclic) bond motifs is 1. The molecule has 6 atom stereocenters. The monoisotopic (exact) mass is 555 g/mol. The van der Waals surface area contributed by atoms with Crippen LogP contribution < -0.4 is 4.90 Å². The highest BCUT2D eigenvalue weighted by molar-refractivity contribution is 6.11. The fourth-order valence-electron chi connectivity index (χ4n) is 7.93. The van der Waals surface area contributed by atoms with E-state index in [2.05, 4.69) is 0 Å². The van der Waals surface area contributed by atoms with Crippen molar-refractivity contribution in [1.29, 1.82) is 0 Å². The predicted molar refractivity (Wildman–Crippen MR) is 145 cm³/mol. The summed E-state index contributed by atoms with van der Waals surface area (Å²) >= 11 is 0. The van der Waals surface area contributed by atoms with E-state index in [1.54, 1.807) is 63.2 Å². The van der Waals surface area contributed by atoms with Crippen LogP contribution in [0.1, 0.15) is 44.0 Å². The Balaban J connectivity index is 1.52. The van der Waals surface area contributed by atoms with Gasteiger partial charge in [-0.25, -0.2) is 4.79 Å². The van der Waals surface area contributed by atoms with Crippen LogP contribution in [0.25, 0.3) is 10.8 Å². The highest BCUT2D eigenvalue weighted by Gasteiger charge is 2.94. The van der Waals surface area contributed by atoms with Gasteiger partial charge in [-0.15, -0.1) is 0 Å². The van der Waals surface area contributed by atoms with E-state index in [0.717, 1.165) is 5.39 Å². The molecule has 3 saturated heterocycles. The van der Waals surface area contributed by atoms with Crippen molar-refractivity contribution in [1.82, 2.24) is 0 Å². The molecule has 0 unspecified atom stereocenters. The van der Waals surface area contributed by atoms with E-state index in [1.807, 2.05) is 30.3 Å². The normalized spacial score (nSPS) is 33.8. The number of benzene rings is 3. The molecule has 1 saturated carbocycles. The van der Waals surface area contributed by atoms with Crippen LogP contribution in [-0.4, -0.2) is 53.0 Å². The summed E-state index contributed by atoms with van der Waals surface area (Å²) in [5.41, 5.74) is -5.76. The summed E-state index contributed by atoms with van der Waals surface area (Å²) < 4.78 is 17.8. The standard InChI is InChI=1S/C32H29NO8/c1-29(2,3)31(38)16-22-30(17-23(34)39-22)28(37)41-27-32(30,31)24(40-26(36)19-11-5-4-6-12-19)25(35)33(27)21-15-9-13-18-10-7-8-14-20(18)21/h4-15,22,24,27,38H,16-17H2,1-3H3/t22-,24-,27-,30-,31+,32+/m0/s1. The Morgan fingerprint density at radius 2 is 1.63 bits per heavy atom. The van der Waals surface area contributed by atoms with Crippen LogP contribution in [0.2, 0.25) is 0 Å². The van der Waals surface area contributed by atoms with Gasteiger partial charge in [-0.1, -0.05) is 75.4 Å². The van der Waals surface area contributed by atoms with Crippen molar-refractivity contribution in [2.75, 3.05) is 4.90 Å².